The van der Waals surface area contributed by atoms with Gasteiger partial charge in [0.1, 0.15) is 6.54 Å². The molecule has 1 amide bonds. The molecule has 1 N–H and O–H groups in total. The molecule has 1 aliphatic rings. The van der Waals surface area contributed by atoms with E-state index in [0.29, 0.717) is 16.3 Å². The fourth-order valence-electron chi connectivity index (χ4n) is 4.61. The number of halogens is 1. The van der Waals surface area contributed by atoms with Crippen molar-refractivity contribution < 1.29 is 13.2 Å². The lowest BCUT2D eigenvalue weighted by Gasteiger charge is -2.25. The van der Waals surface area contributed by atoms with Crippen molar-refractivity contribution in [1.82, 2.24) is 5.43 Å². The Hall–Kier alpha value is -3.68. The molecule has 0 bridgehead atoms. The van der Waals surface area contributed by atoms with E-state index in [-0.39, 0.29) is 4.90 Å². The van der Waals surface area contributed by atoms with Crippen LogP contribution < -0.4 is 9.73 Å². The molecule has 8 heteroatoms. The Balaban J connectivity index is 1.41. The maximum Gasteiger partial charge on any atom is 0.264 e. The molecule has 182 valence electrons. The van der Waals surface area contributed by atoms with Gasteiger partial charge in [0.25, 0.3) is 15.9 Å². The number of anilines is 1. The Morgan fingerprint density at radius 2 is 1.69 bits per heavy atom. The average Bonchev–Trinajstić information content (AvgIpc) is 3.31. The molecule has 0 radical (unpaired) electrons. The summed E-state index contributed by atoms with van der Waals surface area (Å²) in [5, 5.41) is 6.89. The van der Waals surface area contributed by atoms with E-state index in [1.54, 1.807) is 49.5 Å². The van der Waals surface area contributed by atoms with E-state index in [0.717, 1.165) is 28.1 Å². The number of nitrogens with one attached hydrogen (secondary N) is 1. The van der Waals surface area contributed by atoms with Gasteiger partial charge in [0.15, 0.2) is 0 Å². The van der Waals surface area contributed by atoms with E-state index in [1.807, 2.05) is 18.2 Å². The van der Waals surface area contributed by atoms with Gasteiger partial charge in [-0.1, -0.05) is 66.2 Å². The summed E-state index contributed by atoms with van der Waals surface area (Å²) in [6.45, 7) is 1.26. The second-order valence-corrected chi connectivity index (χ2v) is 10.9. The number of rotatable bonds is 7. The standard InChI is InChI=1S/C28H24ClN3O3S/c1-19-25(29)11-6-12-26(19)32(36(34,35)23-8-3-2-4-9-23)18-27(33)31-30-17-22-16-15-21-14-13-20-7-5-10-24(22)28(20)21/h2-12,15-17H,13-14,18H2,1H3,(H,31,33)/b30-17+. The first-order valence-corrected chi connectivity index (χ1v) is 13.4. The fraction of sp³-hybridized carbons (Fsp3) is 0.143. The summed E-state index contributed by atoms with van der Waals surface area (Å²) in [5.41, 5.74) is 6.91. The molecule has 1 aliphatic carbocycles. The zero-order chi connectivity index (χ0) is 25.3. The molecule has 0 spiro atoms. The van der Waals surface area contributed by atoms with Crippen molar-refractivity contribution in [2.75, 3.05) is 10.8 Å². The lowest BCUT2D eigenvalue weighted by Crippen LogP contribution is -2.40. The van der Waals surface area contributed by atoms with E-state index < -0.39 is 22.5 Å². The molecule has 4 aromatic rings. The predicted octanol–water partition coefficient (Wildman–Crippen LogP) is 5.25. The van der Waals surface area contributed by atoms with Crippen LogP contribution in [0.3, 0.4) is 0 Å². The van der Waals surface area contributed by atoms with Crippen molar-refractivity contribution in [3.8, 4) is 0 Å². The van der Waals surface area contributed by atoms with Crippen LogP contribution in [0.1, 0.15) is 22.3 Å². The van der Waals surface area contributed by atoms with Gasteiger partial charge < -0.3 is 0 Å². The maximum atomic E-state index is 13.5. The summed E-state index contributed by atoms with van der Waals surface area (Å²) in [4.78, 5) is 13.0. The number of nitrogens with zero attached hydrogens (tertiary/aromatic N) is 2. The van der Waals surface area contributed by atoms with Gasteiger partial charge in [-0.05, 0) is 71.5 Å². The summed E-state index contributed by atoms with van der Waals surface area (Å²) in [6, 6.07) is 23.3. The predicted molar refractivity (Wildman–Crippen MR) is 144 cm³/mol. The number of benzene rings is 4. The van der Waals surface area contributed by atoms with Gasteiger partial charge in [-0.15, -0.1) is 0 Å². The molecular weight excluding hydrogens is 494 g/mol. The third-order valence-corrected chi connectivity index (χ3v) is 8.61. The highest BCUT2D eigenvalue weighted by Crippen LogP contribution is 2.32. The van der Waals surface area contributed by atoms with Crippen LogP contribution in [-0.2, 0) is 27.7 Å². The number of hydrogen-bond donors (Lipinski definition) is 1. The molecule has 0 unspecified atom stereocenters. The second-order valence-electron chi connectivity index (χ2n) is 8.66. The molecule has 0 aromatic heterocycles. The highest BCUT2D eigenvalue weighted by atomic mass is 35.5. The fourth-order valence-corrected chi connectivity index (χ4v) is 6.28. The SMILES string of the molecule is Cc1c(Cl)cccc1N(CC(=O)N/N=C/c1ccc2c3c(cccc13)CC2)S(=O)(=O)c1ccccc1. The number of aryl methyl sites for hydroxylation is 2. The van der Waals surface area contributed by atoms with Gasteiger partial charge in [0.05, 0.1) is 16.8 Å². The quantitative estimate of drug-likeness (QED) is 0.269. The first-order chi connectivity index (χ1) is 17.4. The van der Waals surface area contributed by atoms with Crippen molar-refractivity contribution in [2.45, 2.75) is 24.7 Å². The summed E-state index contributed by atoms with van der Waals surface area (Å²) >= 11 is 6.27. The average molecular weight is 518 g/mol. The molecule has 0 atom stereocenters. The molecule has 36 heavy (non-hydrogen) atoms. The largest absolute Gasteiger partial charge is 0.271 e. The number of amides is 1. The van der Waals surface area contributed by atoms with Gasteiger partial charge >= 0.3 is 0 Å². The topological polar surface area (TPSA) is 78.8 Å². The number of carbonyl (C=O) groups is 1. The van der Waals surface area contributed by atoms with Crippen LogP contribution in [0.5, 0.6) is 0 Å². The molecule has 0 aliphatic heterocycles. The lowest BCUT2D eigenvalue weighted by molar-refractivity contribution is -0.119. The highest BCUT2D eigenvalue weighted by Gasteiger charge is 2.28. The molecule has 0 saturated carbocycles. The van der Waals surface area contributed by atoms with Crippen molar-refractivity contribution in [3.05, 3.63) is 106 Å². The minimum absolute atomic E-state index is 0.0774. The first-order valence-electron chi connectivity index (χ1n) is 11.5. The molecule has 4 aromatic carbocycles. The molecular formula is C28H24ClN3O3S. The Bertz CT molecular complexity index is 1590. The summed E-state index contributed by atoms with van der Waals surface area (Å²) in [5.74, 6) is -0.573. The van der Waals surface area contributed by atoms with Gasteiger partial charge in [0.2, 0.25) is 0 Å². The Kier molecular flexibility index (Phi) is 6.51. The van der Waals surface area contributed by atoms with E-state index in [1.165, 1.54) is 28.6 Å². The number of sulfonamides is 1. The van der Waals surface area contributed by atoms with Crippen LogP contribution in [0.4, 0.5) is 5.69 Å². The van der Waals surface area contributed by atoms with Crippen LogP contribution in [-0.4, -0.2) is 27.1 Å². The lowest BCUT2D eigenvalue weighted by atomic mass is 10.0. The van der Waals surface area contributed by atoms with Crippen molar-refractivity contribution in [2.24, 2.45) is 5.10 Å². The molecule has 0 saturated heterocycles. The van der Waals surface area contributed by atoms with Crippen LogP contribution in [0.15, 0.2) is 88.9 Å². The molecule has 6 nitrogen and oxygen atoms in total. The van der Waals surface area contributed by atoms with Gasteiger partial charge in [0, 0.05) is 10.6 Å². The number of carbonyl (C=O) groups excluding carboxylic acids is 1. The first kappa shape index (κ1) is 24.0. The summed E-state index contributed by atoms with van der Waals surface area (Å²) in [6.07, 6.45) is 3.65. The van der Waals surface area contributed by atoms with Crippen molar-refractivity contribution in [3.63, 3.8) is 0 Å². The summed E-state index contributed by atoms with van der Waals surface area (Å²) < 4.78 is 28.1. The van der Waals surface area contributed by atoms with E-state index >= 15 is 0 Å². The van der Waals surface area contributed by atoms with Crippen LogP contribution in [0, 0.1) is 6.92 Å². The Labute approximate surface area is 215 Å². The molecule has 0 fully saturated rings. The van der Waals surface area contributed by atoms with E-state index in [9.17, 15) is 13.2 Å². The molecule has 0 heterocycles. The Morgan fingerprint density at radius 3 is 2.47 bits per heavy atom. The van der Waals surface area contributed by atoms with E-state index in [4.69, 9.17) is 11.6 Å². The monoisotopic (exact) mass is 517 g/mol. The van der Waals surface area contributed by atoms with Crippen molar-refractivity contribution in [1.29, 1.82) is 0 Å². The van der Waals surface area contributed by atoms with Crippen LogP contribution in [0.2, 0.25) is 5.02 Å². The number of hydrazone groups is 1. The Morgan fingerprint density at radius 1 is 0.972 bits per heavy atom. The third-order valence-electron chi connectivity index (χ3n) is 6.43. The minimum Gasteiger partial charge on any atom is -0.271 e. The third kappa shape index (κ3) is 4.47. The van der Waals surface area contributed by atoms with Crippen LogP contribution >= 0.6 is 11.6 Å². The normalized spacial score (nSPS) is 12.8. The van der Waals surface area contributed by atoms with Crippen LogP contribution in [0.25, 0.3) is 10.8 Å². The zero-order valence-electron chi connectivity index (χ0n) is 19.6. The zero-order valence-corrected chi connectivity index (χ0v) is 21.2. The maximum absolute atomic E-state index is 13.5. The summed E-state index contributed by atoms with van der Waals surface area (Å²) in [7, 11) is -4.04. The molecule has 5 rings (SSSR count). The second kappa shape index (κ2) is 9.76. The van der Waals surface area contributed by atoms with E-state index in [2.05, 4.69) is 22.7 Å². The van der Waals surface area contributed by atoms with Gasteiger partial charge in [-0.2, -0.15) is 5.10 Å². The van der Waals surface area contributed by atoms with Crippen molar-refractivity contribution >= 4 is 50.2 Å². The minimum atomic E-state index is -4.04. The highest BCUT2D eigenvalue weighted by molar-refractivity contribution is 7.92. The smallest absolute Gasteiger partial charge is 0.264 e. The number of hydrogen-bond acceptors (Lipinski definition) is 4. The van der Waals surface area contributed by atoms with Gasteiger partial charge in [-0.25, -0.2) is 13.8 Å². The van der Waals surface area contributed by atoms with Gasteiger partial charge in [-0.3, -0.25) is 9.10 Å².